The number of nitriles is 1. The summed E-state index contributed by atoms with van der Waals surface area (Å²) in [4.78, 5) is 21.2. The lowest BCUT2D eigenvalue weighted by Crippen LogP contribution is -2.27. The fourth-order valence-electron chi connectivity index (χ4n) is 2.86. The molecular weight excluding hydrogens is 412 g/mol. The highest BCUT2D eigenvalue weighted by Crippen LogP contribution is 2.26. The number of carbonyl (C=O) groups is 1. The molecule has 0 spiro atoms. The SMILES string of the molecule is N#Cc1c(N)n(CCNC(=O)c2ccc(Br)o2)c2nc3ccccc3nc12. The Labute approximate surface area is 161 Å². The van der Waals surface area contributed by atoms with Gasteiger partial charge in [0, 0.05) is 13.1 Å². The molecular formula is C18H13BrN6O2. The summed E-state index contributed by atoms with van der Waals surface area (Å²) in [6, 6.07) is 12.7. The van der Waals surface area contributed by atoms with Gasteiger partial charge in [0.2, 0.25) is 0 Å². The molecule has 3 heterocycles. The van der Waals surface area contributed by atoms with Crippen molar-refractivity contribution in [3.8, 4) is 6.07 Å². The number of fused-ring (bicyclic) bond motifs is 2. The van der Waals surface area contributed by atoms with Crippen LogP contribution in [0, 0.1) is 11.3 Å². The molecule has 1 amide bonds. The maximum absolute atomic E-state index is 12.1. The van der Waals surface area contributed by atoms with Gasteiger partial charge >= 0.3 is 0 Å². The minimum atomic E-state index is -0.340. The first-order valence-corrected chi connectivity index (χ1v) is 8.86. The summed E-state index contributed by atoms with van der Waals surface area (Å²) in [5, 5.41) is 12.2. The molecule has 0 bridgehead atoms. The van der Waals surface area contributed by atoms with Crippen LogP contribution in [0.4, 0.5) is 5.82 Å². The van der Waals surface area contributed by atoms with Crippen molar-refractivity contribution in [2.45, 2.75) is 6.54 Å². The molecule has 0 saturated carbocycles. The van der Waals surface area contributed by atoms with E-state index in [9.17, 15) is 10.1 Å². The van der Waals surface area contributed by atoms with Crippen molar-refractivity contribution < 1.29 is 9.21 Å². The third-order valence-corrected chi connectivity index (χ3v) is 4.55. The van der Waals surface area contributed by atoms with Crippen molar-refractivity contribution >= 4 is 49.9 Å². The van der Waals surface area contributed by atoms with Gasteiger partial charge < -0.3 is 20.0 Å². The molecule has 0 aliphatic rings. The van der Waals surface area contributed by atoms with E-state index in [1.54, 1.807) is 16.7 Å². The van der Waals surface area contributed by atoms with Gasteiger partial charge in [-0.05, 0) is 40.2 Å². The molecule has 3 aromatic heterocycles. The number of nitrogen functional groups attached to an aromatic ring is 1. The topological polar surface area (TPSA) is 123 Å². The van der Waals surface area contributed by atoms with Gasteiger partial charge in [0.15, 0.2) is 16.1 Å². The molecule has 0 fully saturated rings. The molecule has 134 valence electrons. The van der Waals surface area contributed by atoms with Crippen LogP contribution in [0.3, 0.4) is 0 Å². The minimum Gasteiger partial charge on any atom is -0.444 e. The maximum Gasteiger partial charge on any atom is 0.287 e. The van der Waals surface area contributed by atoms with E-state index in [0.29, 0.717) is 33.4 Å². The van der Waals surface area contributed by atoms with Gasteiger partial charge in [-0.1, -0.05) is 12.1 Å². The number of benzene rings is 1. The van der Waals surface area contributed by atoms with E-state index < -0.39 is 0 Å². The van der Waals surface area contributed by atoms with Crippen LogP contribution in [0.2, 0.25) is 0 Å². The summed E-state index contributed by atoms with van der Waals surface area (Å²) in [7, 11) is 0. The van der Waals surface area contributed by atoms with Crippen molar-refractivity contribution in [2.75, 3.05) is 12.3 Å². The summed E-state index contributed by atoms with van der Waals surface area (Å²) in [6.45, 7) is 0.620. The summed E-state index contributed by atoms with van der Waals surface area (Å²) in [5.74, 6) is 0.140. The maximum atomic E-state index is 12.1. The summed E-state index contributed by atoms with van der Waals surface area (Å²) >= 11 is 3.16. The first-order chi connectivity index (χ1) is 13.1. The van der Waals surface area contributed by atoms with E-state index in [1.165, 1.54) is 0 Å². The van der Waals surface area contributed by atoms with Crippen LogP contribution in [-0.4, -0.2) is 27.0 Å². The Morgan fingerprint density at radius 2 is 2.00 bits per heavy atom. The van der Waals surface area contributed by atoms with Gasteiger partial charge in [-0.25, -0.2) is 9.97 Å². The largest absolute Gasteiger partial charge is 0.444 e. The van der Waals surface area contributed by atoms with Gasteiger partial charge in [-0.3, -0.25) is 4.79 Å². The Morgan fingerprint density at radius 1 is 1.26 bits per heavy atom. The quantitative estimate of drug-likeness (QED) is 0.519. The lowest BCUT2D eigenvalue weighted by atomic mass is 10.2. The molecule has 4 rings (SSSR count). The first kappa shape index (κ1) is 17.1. The van der Waals surface area contributed by atoms with E-state index in [4.69, 9.17) is 10.2 Å². The average Bonchev–Trinajstić information content (AvgIpc) is 3.21. The van der Waals surface area contributed by atoms with Crippen LogP contribution in [0.15, 0.2) is 45.5 Å². The lowest BCUT2D eigenvalue weighted by molar-refractivity contribution is 0.0923. The van der Waals surface area contributed by atoms with E-state index >= 15 is 0 Å². The molecule has 0 aliphatic carbocycles. The van der Waals surface area contributed by atoms with E-state index in [-0.39, 0.29) is 29.6 Å². The standard InChI is InChI=1S/C18H13BrN6O2/c19-14-6-5-13(27-14)18(26)22-7-8-25-16(21)10(9-20)15-17(25)24-12-4-2-1-3-11(12)23-15/h1-6H,7-8,21H2,(H,22,26). The third-order valence-electron chi connectivity index (χ3n) is 4.12. The van der Waals surface area contributed by atoms with Crippen molar-refractivity contribution in [3.05, 3.63) is 52.4 Å². The third kappa shape index (κ3) is 3.00. The molecule has 0 saturated heterocycles. The normalized spacial score (nSPS) is 11.0. The lowest BCUT2D eigenvalue weighted by Gasteiger charge is -2.08. The van der Waals surface area contributed by atoms with Crippen LogP contribution in [0.25, 0.3) is 22.2 Å². The Bertz CT molecular complexity index is 1220. The number of halogens is 1. The van der Waals surface area contributed by atoms with Gasteiger partial charge in [-0.15, -0.1) is 0 Å². The number of carbonyl (C=O) groups excluding carboxylic acids is 1. The zero-order valence-electron chi connectivity index (χ0n) is 13.9. The summed E-state index contributed by atoms with van der Waals surface area (Å²) in [6.07, 6.45) is 0. The summed E-state index contributed by atoms with van der Waals surface area (Å²) in [5.41, 5.74) is 8.79. The van der Waals surface area contributed by atoms with Crippen molar-refractivity contribution in [2.24, 2.45) is 0 Å². The smallest absolute Gasteiger partial charge is 0.287 e. The second-order valence-corrected chi connectivity index (χ2v) is 6.55. The minimum absolute atomic E-state index is 0.204. The molecule has 0 radical (unpaired) electrons. The Balaban J connectivity index is 1.64. The average molecular weight is 425 g/mol. The second-order valence-electron chi connectivity index (χ2n) is 5.77. The zero-order valence-corrected chi connectivity index (χ0v) is 15.5. The van der Waals surface area contributed by atoms with Gasteiger partial charge in [0.1, 0.15) is 23.0 Å². The molecule has 0 aliphatic heterocycles. The van der Waals surface area contributed by atoms with Crippen LogP contribution in [0.1, 0.15) is 16.1 Å². The molecule has 3 N–H and O–H groups in total. The molecule has 27 heavy (non-hydrogen) atoms. The molecule has 8 nitrogen and oxygen atoms in total. The Morgan fingerprint density at radius 3 is 2.67 bits per heavy atom. The van der Waals surface area contributed by atoms with Gasteiger partial charge in [0.25, 0.3) is 5.91 Å². The molecule has 1 aromatic carbocycles. The highest BCUT2D eigenvalue weighted by Gasteiger charge is 2.18. The molecule has 0 unspecified atom stereocenters. The van der Waals surface area contributed by atoms with E-state index in [0.717, 1.165) is 0 Å². The highest BCUT2D eigenvalue weighted by molar-refractivity contribution is 9.10. The Kier molecular flexibility index (Phi) is 4.25. The number of para-hydroxylation sites is 2. The number of anilines is 1. The monoisotopic (exact) mass is 424 g/mol. The number of aromatic nitrogens is 3. The Hall–Kier alpha value is -3.38. The number of furan rings is 1. The van der Waals surface area contributed by atoms with Crippen LogP contribution >= 0.6 is 15.9 Å². The predicted molar refractivity (Wildman–Crippen MR) is 103 cm³/mol. The summed E-state index contributed by atoms with van der Waals surface area (Å²) < 4.78 is 7.39. The van der Waals surface area contributed by atoms with Crippen LogP contribution in [0.5, 0.6) is 0 Å². The van der Waals surface area contributed by atoms with Crippen molar-refractivity contribution in [1.29, 1.82) is 5.26 Å². The first-order valence-electron chi connectivity index (χ1n) is 8.06. The number of rotatable bonds is 4. The number of hydrogen-bond donors (Lipinski definition) is 2. The number of nitrogens with one attached hydrogen (secondary N) is 1. The van der Waals surface area contributed by atoms with Crippen molar-refractivity contribution in [1.82, 2.24) is 19.9 Å². The second kappa shape index (κ2) is 6.74. The fourth-order valence-corrected chi connectivity index (χ4v) is 3.16. The van der Waals surface area contributed by atoms with Gasteiger partial charge in [-0.2, -0.15) is 5.26 Å². The zero-order chi connectivity index (χ0) is 19.0. The molecule has 0 atom stereocenters. The number of hydrogen-bond acceptors (Lipinski definition) is 6. The van der Waals surface area contributed by atoms with Crippen LogP contribution in [-0.2, 0) is 6.54 Å². The van der Waals surface area contributed by atoms with Crippen molar-refractivity contribution in [3.63, 3.8) is 0 Å². The number of amides is 1. The number of nitrogens with zero attached hydrogens (tertiary/aromatic N) is 4. The van der Waals surface area contributed by atoms with E-state index in [1.807, 2.05) is 24.3 Å². The number of nitrogens with two attached hydrogens (primary N) is 1. The fraction of sp³-hybridized carbons (Fsp3) is 0.111. The van der Waals surface area contributed by atoms with E-state index in [2.05, 4.69) is 37.3 Å². The molecule has 4 aromatic rings. The molecule has 9 heteroatoms. The van der Waals surface area contributed by atoms with Crippen LogP contribution < -0.4 is 11.1 Å². The highest BCUT2D eigenvalue weighted by atomic mass is 79.9. The van der Waals surface area contributed by atoms with Gasteiger partial charge in [0.05, 0.1) is 11.0 Å². The predicted octanol–water partition coefficient (Wildman–Crippen LogP) is 2.82.